The largest absolute Gasteiger partial charge is 0.344 e. The molecule has 31 heavy (non-hydrogen) atoms. The quantitative estimate of drug-likeness (QED) is 0.481. The summed E-state index contributed by atoms with van der Waals surface area (Å²) in [6, 6.07) is 20.6. The number of hydrogen-bond acceptors (Lipinski definition) is 3. The molecule has 0 unspecified atom stereocenters. The molecule has 5 rings (SSSR count). The number of hydrogen-bond donors (Lipinski definition) is 2. The van der Waals surface area contributed by atoms with Crippen LogP contribution in [0.1, 0.15) is 42.4 Å². The molecule has 1 aliphatic rings. The molecule has 1 amide bonds. The van der Waals surface area contributed by atoms with Gasteiger partial charge in [-0.25, -0.2) is 4.98 Å². The van der Waals surface area contributed by atoms with Gasteiger partial charge in [-0.15, -0.1) is 0 Å². The van der Waals surface area contributed by atoms with Crippen LogP contribution in [0.15, 0.2) is 66.9 Å². The van der Waals surface area contributed by atoms with Gasteiger partial charge in [0.15, 0.2) is 0 Å². The van der Waals surface area contributed by atoms with E-state index in [0.717, 1.165) is 40.0 Å². The summed E-state index contributed by atoms with van der Waals surface area (Å²) in [4.78, 5) is 23.1. The predicted molar refractivity (Wildman–Crippen MR) is 125 cm³/mol. The number of aromatic amines is 1. The highest BCUT2D eigenvalue weighted by Crippen LogP contribution is 2.39. The van der Waals surface area contributed by atoms with E-state index in [1.807, 2.05) is 30.5 Å². The molecular formula is C26H26N4O. The molecule has 2 N–H and O–H groups in total. The van der Waals surface area contributed by atoms with Gasteiger partial charge in [0.2, 0.25) is 0 Å². The van der Waals surface area contributed by atoms with E-state index < -0.39 is 5.66 Å². The molecule has 1 aliphatic heterocycles. The Balaban J connectivity index is 1.68. The van der Waals surface area contributed by atoms with Gasteiger partial charge in [-0.2, -0.15) is 0 Å². The third kappa shape index (κ3) is 3.26. The minimum Gasteiger partial charge on any atom is -0.344 e. The van der Waals surface area contributed by atoms with Crippen LogP contribution in [0.25, 0.3) is 22.2 Å². The van der Waals surface area contributed by atoms with E-state index in [9.17, 15) is 4.79 Å². The zero-order chi connectivity index (χ0) is 21.6. The molecule has 5 nitrogen and oxygen atoms in total. The van der Waals surface area contributed by atoms with E-state index in [-0.39, 0.29) is 5.91 Å². The average Bonchev–Trinajstić information content (AvgIpc) is 3.15. The number of nitrogens with zero attached hydrogens (tertiary/aromatic N) is 2. The highest BCUT2D eigenvalue weighted by atomic mass is 16.2. The van der Waals surface area contributed by atoms with Crippen molar-refractivity contribution >= 4 is 22.6 Å². The first kappa shape index (κ1) is 19.4. The summed E-state index contributed by atoms with van der Waals surface area (Å²) >= 11 is 0. The van der Waals surface area contributed by atoms with Crippen molar-refractivity contribution in [1.82, 2.24) is 15.3 Å². The van der Waals surface area contributed by atoms with Gasteiger partial charge in [0.1, 0.15) is 11.3 Å². The van der Waals surface area contributed by atoms with Gasteiger partial charge in [0, 0.05) is 29.4 Å². The third-order valence-corrected chi connectivity index (χ3v) is 6.10. The predicted octanol–water partition coefficient (Wildman–Crippen LogP) is 5.28. The Morgan fingerprint density at radius 2 is 1.84 bits per heavy atom. The summed E-state index contributed by atoms with van der Waals surface area (Å²) in [7, 11) is 0. The Kier molecular flexibility index (Phi) is 4.54. The number of nitrogens with one attached hydrogen (secondary N) is 2. The summed E-state index contributed by atoms with van der Waals surface area (Å²) in [5, 5.41) is 4.26. The zero-order valence-corrected chi connectivity index (χ0v) is 18.1. The van der Waals surface area contributed by atoms with Crippen molar-refractivity contribution in [2.75, 3.05) is 4.90 Å². The molecule has 0 saturated heterocycles. The smallest absolute Gasteiger partial charge is 0.255 e. The van der Waals surface area contributed by atoms with Gasteiger partial charge >= 0.3 is 0 Å². The van der Waals surface area contributed by atoms with Gasteiger partial charge in [-0.1, -0.05) is 43.3 Å². The fraction of sp³-hybridized carbons (Fsp3) is 0.231. The van der Waals surface area contributed by atoms with Crippen LogP contribution < -0.4 is 10.2 Å². The minimum absolute atomic E-state index is 0.0350. The number of pyridine rings is 1. The standard InChI is InChI=1S/C26H26N4O/c1-4-21-23(20-11-8-14-27-24(20)28-21)18-12-13-19-22(15-18)30(26(2,3)29-25(19)31)16-17-9-6-5-7-10-17/h5-15H,4,16H2,1-3H3,(H,27,28)(H,29,31). The van der Waals surface area contributed by atoms with Crippen molar-refractivity contribution in [2.24, 2.45) is 0 Å². The van der Waals surface area contributed by atoms with Gasteiger partial charge in [-0.3, -0.25) is 4.79 Å². The van der Waals surface area contributed by atoms with Crippen LogP contribution in [0.3, 0.4) is 0 Å². The SMILES string of the molecule is CCc1[nH]c2ncccc2c1-c1ccc2c(c1)N(Cc1ccccc1)C(C)(C)NC2=O. The fourth-order valence-electron chi connectivity index (χ4n) is 4.53. The van der Waals surface area contributed by atoms with Crippen LogP contribution >= 0.6 is 0 Å². The lowest BCUT2D eigenvalue weighted by molar-refractivity contribution is 0.0897. The Morgan fingerprint density at radius 3 is 2.61 bits per heavy atom. The molecule has 0 aliphatic carbocycles. The number of amides is 1. The number of aromatic nitrogens is 2. The number of carbonyl (C=O) groups is 1. The maximum atomic E-state index is 12.9. The zero-order valence-electron chi connectivity index (χ0n) is 18.1. The van der Waals surface area contributed by atoms with Gasteiger partial charge < -0.3 is 15.2 Å². The molecule has 2 aromatic heterocycles. The molecule has 2 aromatic carbocycles. The van der Waals surface area contributed by atoms with Crippen LogP contribution in [-0.4, -0.2) is 21.5 Å². The summed E-state index contributed by atoms with van der Waals surface area (Å²) in [5.41, 5.74) is 6.66. The van der Waals surface area contributed by atoms with Crippen LogP contribution in [0.4, 0.5) is 5.69 Å². The third-order valence-electron chi connectivity index (χ3n) is 6.10. The highest BCUT2D eigenvalue weighted by Gasteiger charge is 2.36. The van der Waals surface area contributed by atoms with Crippen molar-refractivity contribution in [1.29, 1.82) is 0 Å². The first-order valence-electron chi connectivity index (χ1n) is 10.7. The second kappa shape index (κ2) is 7.27. The highest BCUT2D eigenvalue weighted by molar-refractivity contribution is 6.04. The summed E-state index contributed by atoms with van der Waals surface area (Å²) in [6.45, 7) is 6.96. The monoisotopic (exact) mass is 410 g/mol. The summed E-state index contributed by atoms with van der Waals surface area (Å²) in [5.74, 6) is -0.0350. The average molecular weight is 411 g/mol. The van der Waals surface area contributed by atoms with Crippen LogP contribution in [-0.2, 0) is 13.0 Å². The number of H-pyrrole nitrogens is 1. The van der Waals surface area contributed by atoms with Crippen LogP contribution in [0.5, 0.6) is 0 Å². The number of carbonyl (C=O) groups excluding carboxylic acids is 1. The molecule has 0 fully saturated rings. The Labute approximate surface area is 182 Å². The van der Waals surface area contributed by atoms with Crippen molar-refractivity contribution in [3.63, 3.8) is 0 Å². The Hall–Kier alpha value is -3.60. The fourth-order valence-corrected chi connectivity index (χ4v) is 4.53. The molecule has 0 bridgehead atoms. The molecule has 0 atom stereocenters. The topological polar surface area (TPSA) is 61.0 Å². The number of benzene rings is 2. The second-order valence-electron chi connectivity index (χ2n) is 8.55. The molecule has 3 heterocycles. The number of fused-ring (bicyclic) bond motifs is 2. The minimum atomic E-state index is -0.506. The summed E-state index contributed by atoms with van der Waals surface area (Å²) in [6.07, 6.45) is 2.69. The van der Waals surface area contributed by atoms with Crippen LogP contribution in [0, 0.1) is 0 Å². The van der Waals surface area contributed by atoms with Gasteiger partial charge in [0.25, 0.3) is 5.91 Å². The Morgan fingerprint density at radius 1 is 1.03 bits per heavy atom. The van der Waals surface area contributed by atoms with E-state index in [2.05, 4.69) is 77.4 Å². The molecule has 4 aromatic rings. The number of anilines is 1. The summed E-state index contributed by atoms with van der Waals surface area (Å²) < 4.78 is 0. The molecule has 0 radical (unpaired) electrons. The van der Waals surface area contributed by atoms with Crippen LogP contribution in [0.2, 0.25) is 0 Å². The van der Waals surface area contributed by atoms with Crippen molar-refractivity contribution in [3.8, 4) is 11.1 Å². The van der Waals surface area contributed by atoms with E-state index in [1.165, 1.54) is 5.56 Å². The van der Waals surface area contributed by atoms with Crippen molar-refractivity contribution in [3.05, 3.63) is 83.7 Å². The maximum Gasteiger partial charge on any atom is 0.255 e. The van der Waals surface area contributed by atoms with Crippen molar-refractivity contribution < 1.29 is 4.79 Å². The van der Waals surface area contributed by atoms with E-state index >= 15 is 0 Å². The normalized spacial score (nSPS) is 15.1. The lowest BCUT2D eigenvalue weighted by atomic mass is 9.95. The van der Waals surface area contributed by atoms with E-state index in [1.54, 1.807) is 0 Å². The lowest BCUT2D eigenvalue weighted by Gasteiger charge is -2.45. The molecule has 156 valence electrons. The maximum absolute atomic E-state index is 12.9. The molecule has 0 saturated carbocycles. The molecule has 5 heteroatoms. The van der Waals surface area contributed by atoms with Crippen molar-refractivity contribution in [2.45, 2.75) is 39.4 Å². The van der Waals surface area contributed by atoms with Gasteiger partial charge in [0.05, 0.1) is 11.3 Å². The van der Waals surface area contributed by atoms with Gasteiger partial charge in [-0.05, 0) is 55.7 Å². The first-order valence-corrected chi connectivity index (χ1v) is 10.7. The first-order chi connectivity index (χ1) is 15.0. The molecule has 0 spiro atoms. The van der Waals surface area contributed by atoms with E-state index in [0.29, 0.717) is 12.1 Å². The molecular weight excluding hydrogens is 384 g/mol. The second-order valence-corrected chi connectivity index (χ2v) is 8.55. The van der Waals surface area contributed by atoms with E-state index in [4.69, 9.17) is 0 Å². The number of rotatable bonds is 4. The Bertz CT molecular complexity index is 1270. The number of aryl methyl sites for hydroxylation is 1. The lowest BCUT2D eigenvalue weighted by Crippen LogP contribution is -2.60.